The molecule has 7 heteroatoms. The van der Waals surface area contributed by atoms with Crippen LogP contribution in [0.25, 0.3) is 0 Å². The van der Waals surface area contributed by atoms with Gasteiger partial charge in [0.05, 0.1) is 11.2 Å². The lowest BCUT2D eigenvalue weighted by molar-refractivity contribution is 0.0918. The molecule has 1 saturated carbocycles. The number of halogens is 2. The van der Waals surface area contributed by atoms with Gasteiger partial charge in [0.25, 0.3) is 5.91 Å². The fraction of sp³-hybridized carbons (Fsp3) is 0.667. The number of likely N-dealkylation sites (tertiary alicyclic amines) is 1. The van der Waals surface area contributed by atoms with Gasteiger partial charge < -0.3 is 10.2 Å². The first-order chi connectivity index (χ1) is 11.5. The number of carbonyl (C=O) groups excluding carboxylic acids is 1. The molecule has 1 N–H and O–H groups in total. The average molecular weight is 387 g/mol. The van der Waals surface area contributed by atoms with E-state index in [-0.39, 0.29) is 24.4 Å². The van der Waals surface area contributed by atoms with E-state index in [1.165, 1.54) is 24.6 Å². The van der Waals surface area contributed by atoms with Gasteiger partial charge >= 0.3 is 0 Å². The summed E-state index contributed by atoms with van der Waals surface area (Å²) in [4.78, 5) is 15.1. The van der Waals surface area contributed by atoms with Crippen molar-refractivity contribution in [3.05, 3.63) is 28.6 Å². The summed E-state index contributed by atoms with van der Waals surface area (Å²) in [5, 5.41) is 7.69. The maximum absolute atomic E-state index is 12.6. The molecule has 2 fully saturated rings. The molecular formula is C18H28Cl2N4O. The van der Waals surface area contributed by atoms with Crippen molar-refractivity contribution in [3.8, 4) is 0 Å². The lowest BCUT2D eigenvalue weighted by Crippen LogP contribution is -2.42. The van der Waals surface area contributed by atoms with E-state index in [4.69, 9.17) is 11.6 Å². The van der Waals surface area contributed by atoms with Gasteiger partial charge in [-0.15, -0.1) is 12.4 Å². The quantitative estimate of drug-likeness (QED) is 0.763. The van der Waals surface area contributed by atoms with Gasteiger partial charge in [0, 0.05) is 32.7 Å². The second-order valence-electron chi connectivity index (χ2n) is 7.38. The smallest absolute Gasteiger partial charge is 0.271 e. The SMILES string of the molecule is CC(C)=CCCN1C[C@H](NC(=O)c2c(Cl)cnn2C)[C@@H](C2CC2)C1.Cl. The van der Waals surface area contributed by atoms with Crippen molar-refractivity contribution in [2.45, 2.75) is 39.2 Å². The predicted octanol–water partition coefficient (Wildman–Crippen LogP) is 3.29. The first kappa shape index (κ1) is 20.3. The van der Waals surface area contributed by atoms with E-state index < -0.39 is 0 Å². The van der Waals surface area contributed by atoms with Crippen molar-refractivity contribution in [2.75, 3.05) is 19.6 Å². The molecule has 2 heterocycles. The largest absolute Gasteiger partial charge is 0.346 e. The molecule has 1 aliphatic heterocycles. The van der Waals surface area contributed by atoms with Gasteiger partial charge in [-0.25, -0.2) is 0 Å². The Morgan fingerprint density at radius 3 is 2.68 bits per heavy atom. The number of amides is 1. The predicted molar refractivity (Wildman–Crippen MR) is 103 cm³/mol. The zero-order valence-electron chi connectivity index (χ0n) is 15.2. The van der Waals surface area contributed by atoms with Crippen LogP contribution in [-0.4, -0.2) is 46.3 Å². The van der Waals surface area contributed by atoms with Gasteiger partial charge in [0.15, 0.2) is 0 Å². The fourth-order valence-corrected chi connectivity index (χ4v) is 3.94. The van der Waals surface area contributed by atoms with Crippen molar-refractivity contribution in [1.29, 1.82) is 0 Å². The van der Waals surface area contributed by atoms with E-state index in [9.17, 15) is 4.79 Å². The minimum atomic E-state index is -0.109. The molecule has 3 rings (SSSR count). The highest BCUT2D eigenvalue weighted by molar-refractivity contribution is 6.33. The molecule has 1 aliphatic carbocycles. The summed E-state index contributed by atoms with van der Waals surface area (Å²) in [5.74, 6) is 1.22. The third kappa shape index (κ3) is 4.99. The van der Waals surface area contributed by atoms with E-state index in [0.717, 1.165) is 32.0 Å². The first-order valence-electron chi connectivity index (χ1n) is 8.79. The first-order valence-corrected chi connectivity index (χ1v) is 9.17. The molecule has 5 nitrogen and oxygen atoms in total. The van der Waals surface area contributed by atoms with Crippen molar-refractivity contribution < 1.29 is 4.79 Å². The van der Waals surface area contributed by atoms with Gasteiger partial charge in [0.2, 0.25) is 0 Å². The summed E-state index contributed by atoms with van der Waals surface area (Å²) in [6, 6.07) is 0.211. The Labute approximate surface area is 161 Å². The normalized spacial score (nSPS) is 23.2. The van der Waals surface area contributed by atoms with Crippen LogP contribution in [0.2, 0.25) is 5.02 Å². The van der Waals surface area contributed by atoms with Gasteiger partial charge in [-0.2, -0.15) is 5.10 Å². The zero-order valence-corrected chi connectivity index (χ0v) is 16.7. The lowest BCUT2D eigenvalue weighted by Gasteiger charge is -2.19. The summed E-state index contributed by atoms with van der Waals surface area (Å²) < 4.78 is 1.55. The Morgan fingerprint density at radius 1 is 1.40 bits per heavy atom. The topological polar surface area (TPSA) is 50.2 Å². The number of nitrogens with one attached hydrogen (secondary N) is 1. The lowest BCUT2D eigenvalue weighted by atomic mass is 9.98. The van der Waals surface area contributed by atoms with Crippen LogP contribution >= 0.6 is 24.0 Å². The van der Waals surface area contributed by atoms with Crippen LogP contribution in [0.4, 0.5) is 0 Å². The second kappa shape index (κ2) is 8.56. The van der Waals surface area contributed by atoms with Gasteiger partial charge in [-0.1, -0.05) is 23.3 Å². The van der Waals surface area contributed by atoms with Crippen LogP contribution in [-0.2, 0) is 7.05 Å². The minimum absolute atomic E-state index is 0. The van der Waals surface area contributed by atoms with Crippen LogP contribution in [0.5, 0.6) is 0 Å². The number of nitrogens with zero attached hydrogens (tertiary/aromatic N) is 3. The van der Waals surface area contributed by atoms with E-state index in [1.807, 2.05) is 0 Å². The maximum Gasteiger partial charge on any atom is 0.271 e. The molecule has 0 unspecified atom stereocenters. The van der Waals surface area contributed by atoms with E-state index in [2.05, 4.69) is 35.2 Å². The number of hydrogen-bond donors (Lipinski definition) is 1. The molecule has 1 aromatic heterocycles. The summed E-state index contributed by atoms with van der Waals surface area (Å²) in [6.45, 7) is 7.35. The molecule has 2 aliphatic rings. The van der Waals surface area contributed by atoms with Gasteiger partial charge in [0.1, 0.15) is 5.69 Å². The molecule has 1 amide bonds. The Hall–Kier alpha value is -1.04. The van der Waals surface area contributed by atoms with Gasteiger partial charge in [-0.3, -0.25) is 9.48 Å². The fourth-order valence-electron chi connectivity index (χ4n) is 3.69. The molecule has 25 heavy (non-hydrogen) atoms. The molecule has 0 aromatic carbocycles. The van der Waals surface area contributed by atoms with E-state index in [1.54, 1.807) is 11.7 Å². The molecule has 0 bridgehead atoms. The van der Waals surface area contributed by atoms with Crippen LogP contribution in [0.3, 0.4) is 0 Å². The minimum Gasteiger partial charge on any atom is -0.346 e. The Balaban J connectivity index is 0.00000225. The summed E-state index contributed by atoms with van der Waals surface area (Å²) in [7, 11) is 1.75. The molecular weight excluding hydrogens is 359 g/mol. The highest BCUT2D eigenvalue weighted by Crippen LogP contribution is 2.41. The van der Waals surface area contributed by atoms with Crippen molar-refractivity contribution in [2.24, 2.45) is 18.9 Å². The number of aromatic nitrogens is 2. The number of carbonyl (C=O) groups is 1. The highest BCUT2D eigenvalue weighted by atomic mass is 35.5. The van der Waals surface area contributed by atoms with Crippen molar-refractivity contribution in [3.63, 3.8) is 0 Å². The Bertz CT molecular complexity index is 616. The third-order valence-corrected chi connectivity index (χ3v) is 5.37. The van der Waals surface area contributed by atoms with Crippen molar-refractivity contribution >= 4 is 29.9 Å². The Morgan fingerprint density at radius 2 is 2.12 bits per heavy atom. The monoisotopic (exact) mass is 386 g/mol. The number of hydrogen-bond acceptors (Lipinski definition) is 3. The van der Waals surface area contributed by atoms with Crippen LogP contribution in [0.15, 0.2) is 17.8 Å². The zero-order chi connectivity index (χ0) is 17.3. The van der Waals surface area contributed by atoms with Gasteiger partial charge in [-0.05, 0) is 44.9 Å². The average Bonchev–Trinajstić information content (AvgIpc) is 3.19. The molecule has 1 aromatic rings. The van der Waals surface area contributed by atoms with E-state index in [0.29, 0.717) is 16.6 Å². The molecule has 0 radical (unpaired) electrons. The highest BCUT2D eigenvalue weighted by Gasteiger charge is 2.43. The summed E-state index contributed by atoms with van der Waals surface area (Å²) >= 11 is 6.10. The molecule has 140 valence electrons. The third-order valence-electron chi connectivity index (χ3n) is 5.09. The van der Waals surface area contributed by atoms with Crippen LogP contribution in [0, 0.1) is 11.8 Å². The molecule has 2 atom stereocenters. The summed E-state index contributed by atoms with van der Waals surface area (Å²) in [5.41, 5.74) is 1.82. The number of rotatable bonds is 6. The second-order valence-corrected chi connectivity index (χ2v) is 7.78. The van der Waals surface area contributed by atoms with E-state index >= 15 is 0 Å². The summed E-state index contributed by atoms with van der Waals surface area (Å²) in [6.07, 6.45) is 7.48. The Kier molecular flexibility index (Phi) is 6.94. The number of allylic oxidation sites excluding steroid dienone is 1. The van der Waals surface area contributed by atoms with Crippen LogP contribution < -0.4 is 5.32 Å². The molecule has 1 saturated heterocycles. The van der Waals surface area contributed by atoms with Crippen molar-refractivity contribution in [1.82, 2.24) is 20.0 Å². The molecule has 0 spiro atoms. The van der Waals surface area contributed by atoms with Crippen LogP contribution in [0.1, 0.15) is 43.6 Å². The number of aryl methyl sites for hydroxylation is 1. The maximum atomic E-state index is 12.6. The standard InChI is InChI=1S/C18H27ClN4O.ClH/c1-12(2)5-4-8-23-10-14(13-6-7-13)16(11-23)21-18(24)17-15(19)9-20-22(17)3;/h5,9,13-14,16H,4,6-8,10-11H2,1-3H3,(H,21,24);1H/t14-,16+;/m1./s1.